The van der Waals surface area contributed by atoms with Gasteiger partial charge in [0.05, 0.1) is 5.69 Å². The van der Waals surface area contributed by atoms with Crippen molar-refractivity contribution >= 4 is 33.1 Å². The molecule has 5 nitrogen and oxygen atoms in total. The molecule has 2 aromatic rings. The zero-order valence-corrected chi connectivity index (χ0v) is 12.7. The number of aromatic nitrogens is 1. The molecule has 1 amide bonds. The maximum absolute atomic E-state index is 12.4. The van der Waals surface area contributed by atoms with Crippen LogP contribution in [0.25, 0.3) is 10.2 Å². The second kappa shape index (κ2) is 5.61. The quantitative estimate of drug-likeness (QED) is 0.810. The van der Waals surface area contributed by atoms with E-state index < -0.39 is 0 Å². The van der Waals surface area contributed by atoms with E-state index in [4.69, 9.17) is 5.73 Å². The minimum atomic E-state index is -0.154. The van der Waals surface area contributed by atoms with Gasteiger partial charge in [-0.15, -0.1) is 11.3 Å². The van der Waals surface area contributed by atoms with Gasteiger partial charge in [0.25, 0.3) is 5.91 Å². The molecule has 6 heteroatoms. The molecular formula is C15H19N3O2S. The molecule has 2 aromatic heterocycles. The van der Waals surface area contributed by atoms with Crippen LogP contribution in [0.2, 0.25) is 0 Å². The average molecular weight is 305 g/mol. The summed E-state index contributed by atoms with van der Waals surface area (Å²) in [6, 6.07) is 3.85. The third-order valence-corrected chi connectivity index (χ3v) is 5.26. The Morgan fingerprint density at radius 2 is 2.33 bits per heavy atom. The Hall–Kier alpha value is -1.66. The number of aryl methyl sites for hydroxylation is 1. The number of hydrogen-bond acceptors (Lipinski definition) is 5. The summed E-state index contributed by atoms with van der Waals surface area (Å²) in [5, 5.41) is 13.2. The maximum atomic E-state index is 12.4. The molecule has 2 heterocycles. The fraction of sp³-hybridized carbons (Fsp3) is 0.467. The number of nitrogens with zero attached hydrogens (tertiary/aromatic N) is 1. The van der Waals surface area contributed by atoms with E-state index >= 15 is 0 Å². The standard InChI is InChI=1S/C15H19N3O2S/c1-8-5-6-10-12(16)13(21-15(10)17-8)14(20)18-11-4-2-3-9(11)7-19/h5-6,9,11,19H,2-4,7,16H2,1H3,(H,18,20). The van der Waals surface area contributed by atoms with E-state index in [1.54, 1.807) is 0 Å². The van der Waals surface area contributed by atoms with E-state index in [1.165, 1.54) is 11.3 Å². The lowest BCUT2D eigenvalue weighted by Gasteiger charge is -2.18. The number of anilines is 1. The van der Waals surface area contributed by atoms with E-state index in [2.05, 4.69) is 10.3 Å². The van der Waals surface area contributed by atoms with Crippen molar-refractivity contribution in [3.63, 3.8) is 0 Å². The van der Waals surface area contributed by atoms with Crippen LogP contribution in [-0.2, 0) is 0 Å². The first-order valence-electron chi connectivity index (χ1n) is 7.17. The highest BCUT2D eigenvalue weighted by atomic mass is 32.1. The summed E-state index contributed by atoms with van der Waals surface area (Å²) in [5.74, 6) is 0.00317. The van der Waals surface area contributed by atoms with Crippen LogP contribution in [-0.4, -0.2) is 28.6 Å². The average Bonchev–Trinajstić information content (AvgIpc) is 3.03. The molecule has 21 heavy (non-hydrogen) atoms. The number of aliphatic hydroxyl groups excluding tert-OH is 1. The van der Waals surface area contributed by atoms with Gasteiger partial charge in [0.1, 0.15) is 9.71 Å². The molecule has 3 rings (SSSR count). The minimum Gasteiger partial charge on any atom is -0.397 e. The van der Waals surface area contributed by atoms with E-state index in [-0.39, 0.29) is 24.5 Å². The lowest BCUT2D eigenvalue weighted by atomic mass is 10.1. The number of aliphatic hydroxyl groups is 1. The minimum absolute atomic E-state index is 0.0433. The summed E-state index contributed by atoms with van der Waals surface area (Å²) in [5.41, 5.74) is 7.50. The van der Waals surface area contributed by atoms with Crippen LogP contribution in [0.15, 0.2) is 12.1 Å². The molecule has 1 saturated carbocycles. The number of nitrogen functional groups attached to an aromatic ring is 1. The number of nitrogens with two attached hydrogens (primary N) is 1. The predicted molar refractivity (Wildman–Crippen MR) is 84.5 cm³/mol. The van der Waals surface area contributed by atoms with Gasteiger partial charge in [0, 0.05) is 29.6 Å². The highest BCUT2D eigenvalue weighted by Crippen LogP contribution is 2.33. The molecule has 0 saturated heterocycles. The van der Waals surface area contributed by atoms with Crippen LogP contribution in [0.1, 0.15) is 34.6 Å². The van der Waals surface area contributed by atoms with Gasteiger partial charge in [-0.1, -0.05) is 6.42 Å². The van der Waals surface area contributed by atoms with Gasteiger partial charge in [0.15, 0.2) is 0 Å². The van der Waals surface area contributed by atoms with Crippen molar-refractivity contribution in [2.45, 2.75) is 32.2 Å². The number of thiophene rings is 1. The van der Waals surface area contributed by atoms with Crippen LogP contribution < -0.4 is 11.1 Å². The Kier molecular flexibility index (Phi) is 3.82. The SMILES string of the molecule is Cc1ccc2c(N)c(C(=O)NC3CCCC3CO)sc2n1. The summed E-state index contributed by atoms with van der Waals surface area (Å²) in [6.45, 7) is 2.03. The van der Waals surface area contributed by atoms with Gasteiger partial charge < -0.3 is 16.2 Å². The van der Waals surface area contributed by atoms with Crippen molar-refractivity contribution in [2.24, 2.45) is 5.92 Å². The number of rotatable bonds is 3. The summed E-state index contributed by atoms with van der Waals surface area (Å²) >= 11 is 1.33. The molecular weight excluding hydrogens is 286 g/mol. The first kappa shape index (κ1) is 14.3. The molecule has 2 unspecified atom stereocenters. The lowest BCUT2D eigenvalue weighted by Crippen LogP contribution is -2.38. The van der Waals surface area contributed by atoms with E-state index in [1.807, 2.05) is 19.1 Å². The number of carbonyl (C=O) groups is 1. The zero-order chi connectivity index (χ0) is 15.0. The molecule has 4 N–H and O–H groups in total. The van der Waals surface area contributed by atoms with Gasteiger partial charge >= 0.3 is 0 Å². The second-order valence-corrected chi connectivity index (χ2v) is 6.60. The number of nitrogens with one attached hydrogen (secondary N) is 1. The summed E-state index contributed by atoms with van der Waals surface area (Å²) < 4.78 is 0. The van der Waals surface area contributed by atoms with Crippen LogP contribution in [0.3, 0.4) is 0 Å². The Morgan fingerprint density at radius 3 is 3.10 bits per heavy atom. The number of pyridine rings is 1. The summed E-state index contributed by atoms with van der Waals surface area (Å²) in [7, 11) is 0. The van der Waals surface area contributed by atoms with Crippen molar-refractivity contribution in [3.05, 3.63) is 22.7 Å². The zero-order valence-electron chi connectivity index (χ0n) is 11.9. The highest BCUT2D eigenvalue weighted by Gasteiger charge is 2.29. The molecule has 0 aromatic carbocycles. The monoisotopic (exact) mass is 305 g/mol. The van der Waals surface area contributed by atoms with Crippen molar-refractivity contribution in [3.8, 4) is 0 Å². The van der Waals surface area contributed by atoms with Crippen LogP contribution in [0, 0.1) is 12.8 Å². The third-order valence-electron chi connectivity index (χ3n) is 4.15. The highest BCUT2D eigenvalue weighted by molar-refractivity contribution is 7.21. The lowest BCUT2D eigenvalue weighted by molar-refractivity contribution is 0.0921. The normalized spacial score (nSPS) is 21.8. The largest absolute Gasteiger partial charge is 0.397 e. The number of amides is 1. The molecule has 2 atom stereocenters. The Balaban J connectivity index is 1.86. The van der Waals surface area contributed by atoms with E-state index in [9.17, 15) is 9.90 Å². The number of fused-ring (bicyclic) bond motifs is 1. The summed E-state index contributed by atoms with van der Waals surface area (Å²) in [4.78, 5) is 18.2. The smallest absolute Gasteiger partial charge is 0.263 e. The third kappa shape index (κ3) is 2.61. The maximum Gasteiger partial charge on any atom is 0.263 e. The van der Waals surface area contributed by atoms with Crippen LogP contribution in [0.5, 0.6) is 0 Å². The van der Waals surface area contributed by atoms with Gasteiger partial charge in [-0.2, -0.15) is 0 Å². The van der Waals surface area contributed by atoms with Crippen molar-refractivity contribution in [1.29, 1.82) is 0 Å². The van der Waals surface area contributed by atoms with Gasteiger partial charge in [-0.3, -0.25) is 4.79 Å². The second-order valence-electron chi connectivity index (χ2n) is 5.60. The first-order valence-corrected chi connectivity index (χ1v) is 7.99. The fourth-order valence-corrected chi connectivity index (χ4v) is 3.98. The Labute approximate surface area is 127 Å². The molecule has 0 aliphatic heterocycles. The van der Waals surface area contributed by atoms with Gasteiger partial charge in [-0.05, 0) is 31.9 Å². The molecule has 0 spiro atoms. The van der Waals surface area contributed by atoms with Gasteiger partial charge in [-0.25, -0.2) is 4.98 Å². The van der Waals surface area contributed by atoms with Crippen molar-refractivity contribution < 1.29 is 9.90 Å². The number of hydrogen-bond donors (Lipinski definition) is 3. The molecule has 112 valence electrons. The first-order chi connectivity index (χ1) is 10.1. The topological polar surface area (TPSA) is 88.2 Å². The van der Waals surface area contributed by atoms with Crippen molar-refractivity contribution in [1.82, 2.24) is 10.3 Å². The molecule has 1 fully saturated rings. The molecule has 1 aliphatic carbocycles. The Bertz CT molecular complexity index is 683. The fourth-order valence-electron chi connectivity index (χ4n) is 2.94. The predicted octanol–water partition coefficient (Wildman–Crippen LogP) is 2.08. The number of carbonyl (C=O) groups excluding carboxylic acids is 1. The molecule has 0 radical (unpaired) electrons. The Morgan fingerprint density at radius 1 is 1.52 bits per heavy atom. The van der Waals surface area contributed by atoms with Crippen molar-refractivity contribution in [2.75, 3.05) is 12.3 Å². The van der Waals surface area contributed by atoms with Gasteiger partial charge in [0.2, 0.25) is 0 Å². The van der Waals surface area contributed by atoms with E-state index in [0.29, 0.717) is 10.6 Å². The molecule has 1 aliphatic rings. The van der Waals surface area contributed by atoms with E-state index in [0.717, 1.165) is 35.2 Å². The van der Waals surface area contributed by atoms with Crippen LogP contribution in [0.4, 0.5) is 5.69 Å². The molecule has 0 bridgehead atoms. The summed E-state index contributed by atoms with van der Waals surface area (Å²) in [6.07, 6.45) is 2.92. The van der Waals surface area contributed by atoms with Crippen LogP contribution >= 0.6 is 11.3 Å².